The van der Waals surface area contributed by atoms with Crippen LogP contribution in [0.1, 0.15) is 30.3 Å². The summed E-state index contributed by atoms with van der Waals surface area (Å²) in [6, 6.07) is 18.3. The topological polar surface area (TPSA) is 83.1 Å². The number of morpholine rings is 1. The van der Waals surface area contributed by atoms with Gasteiger partial charge >= 0.3 is 0 Å². The Kier molecular flexibility index (Phi) is 6.86. The number of fused-ring (bicyclic) bond motifs is 2. The van der Waals surface area contributed by atoms with Gasteiger partial charge in [0.15, 0.2) is 0 Å². The molecule has 0 bridgehead atoms. The molecular formula is C27H24ClN5O2S2. The maximum absolute atomic E-state index is 11.8. The van der Waals surface area contributed by atoms with E-state index in [4.69, 9.17) is 16.3 Å². The number of aromatic nitrogens is 3. The zero-order valence-corrected chi connectivity index (χ0v) is 22.4. The van der Waals surface area contributed by atoms with Crippen molar-refractivity contribution in [2.45, 2.75) is 38.7 Å². The summed E-state index contributed by atoms with van der Waals surface area (Å²) in [7, 11) is 0. The fraction of sp³-hybridized carbons (Fsp3) is 0.222. The Morgan fingerprint density at radius 3 is 2.89 bits per heavy atom. The summed E-state index contributed by atoms with van der Waals surface area (Å²) in [6.45, 7) is 4.13. The van der Waals surface area contributed by atoms with Gasteiger partial charge in [0.1, 0.15) is 17.6 Å². The van der Waals surface area contributed by atoms with Crippen LogP contribution in [0.25, 0.3) is 0 Å². The molecule has 0 spiro atoms. The summed E-state index contributed by atoms with van der Waals surface area (Å²) < 4.78 is 6.23. The van der Waals surface area contributed by atoms with Crippen LogP contribution in [0.3, 0.4) is 0 Å². The fourth-order valence-corrected chi connectivity index (χ4v) is 7.18. The first kappa shape index (κ1) is 24.4. The Morgan fingerprint density at radius 1 is 1.11 bits per heavy atom. The molecule has 10 heteroatoms. The minimum atomic E-state index is -0.0923. The molecule has 188 valence electrons. The number of rotatable bonds is 5. The highest BCUT2D eigenvalue weighted by atomic mass is 35.5. The third-order valence-corrected chi connectivity index (χ3v) is 9.22. The molecule has 2 N–H and O–H groups in total. The van der Waals surface area contributed by atoms with E-state index < -0.39 is 0 Å². The van der Waals surface area contributed by atoms with Crippen molar-refractivity contribution in [3.8, 4) is 0 Å². The van der Waals surface area contributed by atoms with E-state index in [0.717, 1.165) is 23.6 Å². The second-order valence-corrected chi connectivity index (χ2v) is 11.4. The lowest BCUT2D eigenvalue weighted by Gasteiger charge is -2.36. The lowest BCUT2D eigenvalue weighted by atomic mass is 10.1. The molecular weight excluding hydrogens is 526 g/mol. The van der Waals surface area contributed by atoms with Gasteiger partial charge in [-0.1, -0.05) is 47.3 Å². The molecule has 2 aromatic heterocycles. The van der Waals surface area contributed by atoms with Crippen LogP contribution in [0, 0.1) is 0 Å². The second-order valence-electron chi connectivity index (χ2n) is 8.89. The van der Waals surface area contributed by atoms with Crippen LogP contribution in [-0.2, 0) is 4.74 Å². The van der Waals surface area contributed by atoms with Crippen molar-refractivity contribution in [1.82, 2.24) is 15.0 Å². The molecule has 2 aliphatic heterocycles. The van der Waals surface area contributed by atoms with E-state index in [9.17, 15) is 4.79 Å². The highest BCUT2D eigenvalue weighted by Crippen LogP contribution is 2.52. The van der Waals surface area contributed by atoms with E-state index in [-0.39, 0.29) is 17.7 Å². The van der Waals surface area contributed by atoms with Crippen molar-refractivity contribution in [3.05, 3.63) is 93.9 Å². The van der Waals surface area contributed by atoms with Gasteiger partial charge in [-0.05, 0) is 48.9 Å². The molecule has 0 saturated carbocycles. The SMILES string of the molecule is CC(Nc1ccc2c(c1)Sc1cccc(C3CN(c4cc[nH]c(=O)c4)CCO3)c1S2)c1cc(Cl)ncn1. The molecule has 0 radical (unpaired) electrons. The van der Waals surface area contributed by atoms with E-state index in [1.807, 2.05) is 6.07 Å². The summed E-state index contributed by atoms with van der Waals surface area (Å²) >= 11 is 9.60. The van der Waals surface area contributed by atoms with E-state index in [1.54, 1.807) is 41.9 Å². The standard InChI is InChI=1S/C27H24ClN5O2S2/c1-16(20-13-25(28)31-15-30-20)32-17-5-6-22-24(11-17)36-23-4-2-3-19(27(23)37-22)21-14-33(9-10-35-21)18-7-8-29-26(34)12-18/h2-8,11-13,15-16,21,32H,9-10,14H2,1H3,(H,29,34). The quantitative estimate of drug-likeness (QED) is 0.251. The Hall–Kier alpha value is -2.98. The number of nitrogens with one attached hydrogen (secondary N) is 2. The molecule has 2 aromatic carbocycles. The number of ether oxygens (including phenoxy) is 1. The van der Waals surface area contributed by atoms with Crippen LogP contribution in [0.4, 0.5) is 11.4 Å². The molecule has 0 aliphatic carbocycles. The molecule has 4 aromatic rings. The lowest BCUT2D eigenvalue weighted by molar-refractivity contribution is 0.0379. The average Bonchev–Trinajstić information content (AvgIpc) is 2.91. The van der Waals surface area contributed by atoms with Gasteiger partial charge in [0.2, 0.25) is 5.56 Å². The van der Waals surface area contributed by atoms with Crippen molar-refractivity contribution in [2.24, 2.45) is 0 Å². The maximum atomic E-state index is 11.8. The van der Waals surface area contributed by atoms with Gasteiger partial charge < -0.3 is 19.9 Å². The Labute approximate surface area is 228 Å². The minimum absolute atomic E-state index is 0.00900. The Bertz CT molecular complexity index is 1510. The van der Waals surface area contributed by atoms with Gasteiger partial charge in [-0.15, -0.1) is 0 Å². The van der Waals surface area contributed by atoms with E-state index >= 15 is 0 Å². The predicted octanol–water partition coefficient (Wildman–Crippen LogP) is 6.19. The average molecular weight is 550 g/mol. The van der Waals surface area contributed by atoms with Crippen molar-refractivity contribution in [3.63, 3.8) is 0 Å². The molecule has 37 heavy (non-hydrogen) atoms. The van der Waals surface area contributed by atoms with Gasteiger partial charge in [0.25, 0.3) is 0 Å². The number of pyridine rings is 1. The van der Waals surface area contributed by atoms with Gasteiger partial charge in [0.05, 0.1) is 18.3 Å². The predicted molar refractivity (Wildman–Crippen MR) is 148 cm³/mol. The summed E-state index contributed by atoms with van der Waals surface area (Å²) in [5.41, 5.74) is 3.89. The molecule has 2 unspecified atom stereocenters. The molecule has 2 atom stereocenters. The maximum Gasteiger partial charge on any atom is 0.249 e. The lowest BCUT2D eigenvalue weighted by Crippen LogP contribution is -2.39. The van der Waals surface area contributed by atoms with Crippen LogP contribution < -0.4 is 15.8 Å². The van der Waals surface area contributed by atoms with E-state index in [0.29, 0.717) is 18.3 Å². The number of halogens is 1. The number of H-pyrrole nitrogens is 1. The number of hydrogen-bond donors (Lipinski definition) is 2. The smallest absolute Gasteiger partial charge is 0.249 e. The number of benzene rings is 2. The van der Waals surface area contributed by atoms with Crippen LogP contribution in [0.15, 0.2) is 91.5 Å². The first-order valence-electron chi connectivity index (χ1n) is 12.0. The van der Waals surface area contributed by atoms with Crippen LogP contribution in [-0.4, -0.2) is 34.6 Å². The Morgan fingerprint density at radius 2 is 2.03 bits per heavy atom. The van der Waals surface area contributed by atoms with Crippen LogP contribution in [0.2, 0.25) is 5.15 Å². The molecule has 0 amide bonds. The third kappa shape index (κ3) is 5.22. The molecule has 4 heterocycles. The minimum Gasteiger partial charge on any atom is -0.377 e. The first-order chi connectivity index (χ1) is 18.0. The first-order valence-corrected chi connectivity index (χ1v) is 14.0. The molecule has 6 rings (SSSR count). The second kappa shape index (κ2) is 10.4. The number of nitrogens with zero attached hydrogens (tertiary/aromatic N) is 3. The zero-order valence-electron chi connectivity index (χ0n) is 20.0. The van der Waals surface area contributed by atoms with Crippen molar-refractivity contribution < 1.29 is 4.74 Å². The summed E-state index contributed by atoms with van der Waals surface area (Å²) in [6.07, 6.45) is 3.11. The van der Waals surface area contributed by atoms with Gasteiger partial charge in [-0.25, -0.2) is 9.97 Å². The van der Waals surface area contributed by atoms with Gasteiger partial charge in [-0.2, -0.15) is 0 Å². The normalized spacial score (nSPS) is 17.6. The monoisotopic (exact) mass is 549 g/mol. The van der Waals surface area contributed by atoms with E-state index in [1.165, 1.54) is 31.5 Å². The van der Waals surface area contributed by atoms with Crippen molar-refractivity contribution in [1.29, 1.82) is 0 Å². The van der Waals surface area contributed by atoms with Crippen molar-refractivity contribution >= 4 is 46.5 Å². The summed E-state index contributed by atoms with van der Waals surface area (Å²) in [5.74, 6) is 0. The largest absolute Gasteiger partial charge is 0.377 e. The van der Waals surface area contributed by atoms with E-state index in [2.05, 4.69) is 68.5 Å². The van der Waals surface area contributed by atoms with Gasteiger partial charge in [-0.3, -0.25) is 4.79 Å². The highest BCUT2D eigenvalue weighted by Gasteiger charge is 2.28. The Balaban J connectivity index is 1.22. The summed E-state index contributed by atoms with van der Waals surface area (Å²) in [5, 5.41) is 3.96. The number of anilines is 2. The number of hydrogen-bond acceptors (Lipinski definition) is 8. The molecule has 2 aliphatic rings. The summed E-state index contributed by atoms with van der Waals surface area (Å²) in [4.78, 5) is 29.9. The van der Waals surface area contributed by atoms with Crippen molar-refractivity contribution in [2.75, 3.05) is 29.9 Å². The number of aromatic amines is 1. The fourth-order valence-electron chi connectivity index (χ4n) is 4.58. The molecule has 1 fully saturated rings. The molecule has 1 saturated heterocycles. The molecule has 7 nitrogen and oxygen atoms in total. The van der Waals surface area contributed by atoms with Gasteiger partial charge in [0, 0.05) is 56.3 Å². The van der Waals surface area contributed by atoms with Crippen LogP contribution >= 0.6 is 35.1 Å². The highest BCUT2D eigenvalue weighted by molar-refractivity contribution is 8.05. The van der Waals surface area contributed by atoms with Crippen LogP contribution in [0.5, 0.6) is 0 Å². The third-order valence-electron chi connectivity index (χ3n) is 6.40. The zero-order chi connectivity index (χ0) is 25.4.